The number of carbonyl (C=O) groups is 3. The molecule has 0 fully saturated rings. The zero-order chi connectivity index (χ0) is 46.3. The summed E-state index contributed by atoms with van der Waals surface area (Å²) in [5.74, 6) is -2.43. The Morgan fingerprint density at radius 2 is 0.921 bits per heavy atom. The van der Waals surface area contributed by atoms with E-state index < -0.39 is 57.6 Å². The van der Waals surface area contributed by atoms with Crippen LogP contribution >= 0.6 is 7.82 Å². The average molecular weight is 902 g/mol. The van der Waals surface area contributed by atoms with Crippen molar-refractivity contribution in [2.24, 2.45) is 0 Å². The third kappa shape index (κ3) is 44.8. The minimum Gasteiger partial charge on any atom is -0.480 e. The van der Waals surface area contributed by atoms with Crippen molar-refractivity contribution in [2.75, 3.05) is 19.8 Å². The van der Waals surface area contributed by atoms with Gasteiger partial charge in [-0.15, -0.1) is 0 Å². The fourth-order valence-electron chi connectivity index (χ4n) is 5.94. The zero-order valence-electron chi connectivity index (χ0n) is 38.8. The summed E-state index contributed by atoms with van der Waals surface area (Å²) in [4.78, 5) is 46.0. The number of phosphoric acid groups is 1. The molecule has 11 nitrogen and oxygen atoms in total. The number of rotatable bonds is 43. The van der Waals surface area contributed by atoms with E-state index in [9.17, 15) is 34.1 Å². The fraction of sp³-hybridized carbons (Fsp3) is 0.627. The van der Waals surface area contributed by atoms with Gasteiger partial charge in [0.05, 0.1) is 13.2 Å². The van der Waals surface area contributed by atoms with Crippen LogP contribution in [-0.2, 0) is 32.7 Å². The quantitative estimate of drug-likeness (QED) is 0.0200. The molecule has 0 saturated heterocycles. The first kappa shape index (κ1) is 59.4. The lowest BCUT2D eigenvalue weighted by Gasteiger charge is -2.18. The monoisotopic (exact) mass is 902 g/mol. The number of aliphatic hydroxyl groups excluding tert-OH is 1. The predicted molar refractivity (Wildman–Crippen MR) is 258 cm³/mol. The van der Waals surface area contributed by atoms with Crippen molar-refractivity contribution in [2.45, 2.75) is 187 Å². The van der Waals surface area contributed by atoms with Crippen molar-refractivity contribution in [1.82, 2.24) is 5.32 Å². The van der Waals surface area contributed by atoms with Crippen molar-refractivity contribution < 1.29 is 47.8 Å². The summed E-state index contributed by atoms with van der Waals surface area (Å²) in [6.45, 7) is 2.41. The first-order chi connectivity index (χ1) is 30.6. The van der Waals surface area contributed by atoms with Gasteiger partial charge in [-0.3, -0.25) is 18.6 Å². The zero-order valence-corrected chi connectivity index (χ0v) is 39.7. The molecular weight excluding hydrogens is 818 g/mol. The van der Waals surface area contributed by atoms with Crippen LogP contribution < -0.4 is 5.32 Å². The third-order valence-corrected chi connectivity index (χ3v) is 10.6. The van der Waals surface area contributed by atoms with Crippen LogP contribution in [0.1, 0.15) is 174 Å². The summed E-state index contributed by atoms with van der Waals surface area (Å²) in [6, 6.07) is -1.56. The number of hydrogen-bond donors (Lipinski definition) is 4. The highest BCUT2D eigenvalue weighted by Gasteiger charge is 2.28. The molecule has 0 aromatic rings. The van der Waals surface area contributed by atoms with Crippen LogP contribution in [0.5, 0.6) is 0 Å². The van der Waals surface area contributed by atoms with Crippen LogP contribution in [0.3, 0.4) is 0 Å². The van der Waals surface area contributed by atoms with Gasteiger partial charge in [-0.1, -0.05) is 162 Å². The number of hydrogen-bond acceptors (Lipinski definition) is 8. The van der Waals surface area contributed by atoms with E-state index in [1.165, 1.54) is 25.7 Å². The number of esters is 1. The molecule has 0 rings (SSSR count). The molecule has 3 unspecified atom stereocenters. The fourth-order valence-corrected chi connectivity index (χ4v) is 6.71. The van der Waals surface area contributed by atoms with E-state index in [-0.39, 0.29) is 12.8 Å². The SMILES string of the molecule is CC/C=C\C/C=C\C/C=C\C/C=C\C/C=C\C/C=C\CCCCCCC(=O)OCC(O)COP(=O)(O)OCC(NC(=O)CCCCCCC/C=C\C/C=C\CCCCCC)C(=O)O. The van der Waals surface area contributed by atoms with Crippen LogP contribution in [0, 0.1) is 0 Å². The van der Waals surface area contributed by atoms with Crippen LogP contribution in [-0.4, -0.2) is 64.9 Å². The molecule has 0 saturated carbocycles. The lowest BCUT2D eigenvalue weighted by molar-refractivity contribution is -0.147. The molecule has 0 aliphatic heterocycles. The highest BCUT2D eigenvalue weighted by molar-refractivity contribution is 7.47. The summed E-state index contributed by atoms with van der Waals surface area (Å²) in [5.41, 5.74) is 0. The average Bonchev–Trinajstić information content (AvgIpc) is 3.26. The number of carbonyl (C=O) groups excluding carboxylic acids is 2. The van der Waals surface area contributed by atoms with Gasteiger partial charge in [-0.05, 0) is 96.3 Å². The molecule has 12 heteroatoms. The second kappa shape index (κ2) is 45.0. The molecule has 0 bridgehead atoms. The number of allylic oxidation sites excluding steroid dienone is 16. The Balaban J connectivity index is 3.95. The maximum absolute atomic E-state index is 12.3. The van der Waals surface area contributed by atoms with E-state index in [4.69, 9.17) is 13.8 Å². The Hall–Kier alpha value is -3.60. The molecular formula is C51H84NO10P. The summed E-state index contributed by atoms with van der Waals surface area (Å²) < 4.78 is 26.9. The second-order valence-corrected chi connectivity index (χ2v) is 17.0. The largest absolute Gasteiger partial charge is 0.480 e. The standard InChI is InChI=1S/C51H84NO10P/c1-3-5-7-9-11-13-15-17-19-21-22-23-24-25-26-27-29-31-33-35-37-39-41-43-50(55)60-44-47(53)45-61-63(58,59)62-46-48(51(56)57)52-49(54)42-40-38-36-34-32-30-28-20-18-16-14-12-10-8-6-4-2/h5,7,11,13-14,16-17,19-20,22-23,25-26,28-29,31,47-48,53H,3-4,6,8-10,12,15,18,21,24,27,30,32-46H2,1-2H3,(H,52,54)(H,56,57)(H,58,59)/b7-5-,13-11-,16-14-,19-17-,23-22-,26-25-,28-20-,31-29-. The maximum atomic E-state index is 12.3. The molecule has 1 amide bonds. The lowest BCUT2D eigenvalue weighted by Crippen LogP contribution is -2.43. The first-order valence-electron chi connectivity index (χ1n) is 23.8. The highest BCUT2D eigenvalue weighted by Crippen LogP contribution is 2.43. The minimum absolute atomic E-state index is 0.123. The smallest absolute Gasteiger partial charge is 0.472 e. The van der Waals surface area contributed by atoms with E-state index in [0.29, 0.717) is 12.8 Å². The number of carboxylic acids is 1. The molecule has 3 atom stereocenters. The van der Waals surface area contributed by atoms with Crippen LogP contribution in [0.15, 0.2) is 97.2 Å². The molecule has 0 aromatic carbocycles. The van der Waals surface area contributed by atoms with Crippen molar-refractivity contribution >= 4 is 25.7 Å². The van der Waals surface area contributed by atoms with Gasteiger partial charge in [0, 0.05) is 12.8 Å². The molecule has 0 aliphatic carbocycles. The summed E-state index contributed by atoms with van der Waals surface area (Å²) in [7, 11) is -4.78. The molecule has 4 N–H and O–H groups in total. The Kier molecular flexibility index (Phi) is 42.4. The Bertz CT molecular complexity index is 1430. The summed E-state index contributed by atoms with van der Waals surface area (Å²) in [6.07, 6.45) is 57.1. The van der Waals surface area contributed by atoms with E-state index >= 15 is 0 Å². The predicted octanol–water partition coefficient (Wildman–Crippen LogP) is 12.8. The Morgan fingerprint density at radius 3 is 1.38 bits per heavy atom. The van der Waals surface area contributed by atoms with E-state index in [0.717, 1.165) is 109 Å². The Labute approximate surface area is 381 Å². The third-order valence-electron chi connectivity index (χ3n) is 9.61. The number of aliphatic hydroxyl groups is 1. The van der Waals surface area contributed by atoms with Gasteiger partial charge < -0.3 is 25.2 Å². The molecule has 0 spiro atoms. The summed E-state index contributed by atoms with van der Waals surface area (Å²) >= 11 is 0. The van der Waals surface area contributed by atoms with Crippen molar-refractivity contribution in [3.63, 3.8) is 0 Å². The number of nitrogens with one attached hydrogen (secondary N) is 1. The molecule has 0 radical (unpaired) electrons. The van der Waals surface area contributed by atoms with Crippen LogP contribution in [0.2, 0.25) is 0 Å². The van der Waals surface area contributed by atoms with E-state index in [1.807, 2.05) is 0 Å². The lowest BCUT2D eigenvalue weighted by atomic mass is 10.1. The topological polar surface area (TPSA) is 169 Å². The minimum atomic E-state index is -4.78. The van der Waals surface area contributed by atoms with Gasteiger partial charge in [0.2, 0.25) is 5.91 Å². The summed E-state index contributed by atoms with van der Waals surface area (Å²) in [5, 5.41) is 21.9. The number of carboxylic acid groups (broad SMARTS) is 1. The van der Waals surface area contributed by atoms with Gasteiger partial charge in [-0.2, -0.15) is 0 Å². The van der Waals surface area contributed by atoms with Gasteiger partial charge in [-0.25, -0.2) is 9.36 Å². The molecule has 0 aromatic heterocycles. The molecule has 63 heavy (non-hydrogen) atoms. The molecule has 0 heterocycles. The first-order valence-corrected chi connectivity index (χ1v) is 25.3. The highest BCUT2D eigenvalue weighted by atomic mass is 31.2. The normalized spacial score (nSPS) is 14.5. The van der Waals surface area contributed by atoms with Crippen LogP contribution in [0.25, 0.3) is 0 Å². The van der Waals surface area contributed by atoms with Crippen molar-refractivity contribution in [3.8, 4) is 0 Å². The number of unbranched alkanes of at least 4 members (excludes halogenated alkanes) is 13. The van der Waals surface area contributed by atoms with E-state index in [1.54, 1.807) is 0 Å². The van der Waals surface area contributed by atoms with Gasteiger partial charge in [0.25, 0.3) is 0 Å². The van der Waals surface area contributed by atoms with Gasteiger partial charge in [0.1, 0.15) is 12.7 Å². The van der Waals surface area contributed by atoms with Crippen LogP contribution in [0.4, 0.5) is 0 Å². The number of phosphoric ester groups is 1. The van der Waals surface area contributed by atoms with E-state index in [2.05, 4.69) is 116 Å². The molecule has 358 valence electrons. The van der Waals surface area contributed by atoms with Gasteiger partial charge >= 0.3 is 19.8 Å². The Morgan fingerprint density at radius 1 is 0.524 bits per heavy atom. The maximum Gasteiger partial charge on any atom is 0.472 e. The number of aliphatic carboxylic acids is 1. The number of ether oxygens (including phenoxy) is 1. The van der Waals surface area contributed by atoms with Gasteiger partial charge in [0.15, 0.2) is 6.04 Å². The second-order valence-electron chi connectivity index (χ2n) is 15.6. The van der Waals surface area contributed by atoms with Crippen molar-refractivity contribution in [1.29, 1.82) is 0 Å². The van der Waals surface area contributed by atoms with Crippen molar-refractivity contribution in [3.05, 3.63) is 97.2 Å². The number of amides is 1. The molecule has 0 aliphatic rings.